The molecule has 0 rings (SSSR count). The molecule has 0 fully saturated rings. The van der Waals surface area contributed by atoms with Crippen LogP contribution in [0, 0.1) is 0 Å². The van der Waals surface area contributed by atoms with E-state index in [2.05, 4.69) is 31.2 Å². The highest BCUT2D eigenvalue weighted by atomic mass is 16.4. The van der Waals surface area contributed by atoms with Gasteiger partial charge in [-0.1, -0.05) is 74.4 Å². The molecular weight excluding hydrogens is 328 g/mol. The normalized spacial score (nSPS) is 13.7. The van der Waals surface area contributed by atoms with Crippen LogP contribution in [0.1, 0.15) is 58.3 Å². The molecule has 4 nitrogen and oxygen atoms in total. The first-order chi connectivity index (χ1) is 12.6. The van der Waals surface area contributed by atoms with E-state index in [-0.39, 0.29) is 24.4 Å². The number of aliphatic carboxylic acids is 1. The molecular formula is C22H32O4. The molecule has 0 spiro atoms. The van der Waals surface area contributed by atoms with Gasteiger partial charge in [0.1, 0.15) is 5.76 Å². The Kier molecular flexibility index (Phi) is 15.7. The number of aliphatic hydroxyl groups is 2. The first-order valence-corrected chi connectivity index (χ1v) is 9.20. The number of allylic oxidation sites excluding steroid dienone is 11. The summed E-state index contributed by atoms with van der Waals surface area (Å²) in [5.74, 6) is -1.65. The third kappa shape index (κ3) is 16.4. The molecule has 3 N–H and O–H groups in total. The maximum Gasteiger partial charge on any atom is 0.303 e. The number of rotatable bonds is 14. The summed E-state index contributed by atoms with van der Waals surface area (Å²) in [6, 6.07) is 0. The van der Waals surface area contributed by atoms with Crippen molar-refractivity contribution in [1.82, 2.24) is 0 Å². The second-order valence-electron chi connectivity index (χ2n) is 5.81. The molecule has 0 saturated carbocycles. The smallest absolute Gasteiger partial charge is 0.303 e. The van der Waals surface area contributed by atoms with Crippen LogP contribution in [-0.4, -0.2) is 21.3 Å². The molecule has 0 aliphatic heterocycles. The molecule has 0 unspecified atom stereocenters. The Morgan fingerprint density at radius 3 is 2.12 bits per heavy atom. The van der Waals surface area contributed by atoms with Gasteiger partial charge in [0.2, 0.25) is 0 Å². The van der Waals surface area contributed by atoms with Gasteiger partial charge in [0.05, 0.1) is 6.42 Å². The maximum atomic E-state index is 10.4. The molecule has 0 aliphatic rings. The summed E-state index contributed by atoms with van der Waals surface area (Å²) in [6.07, 6.45) is 25.6. The summed E-state index contributed by atoms with van der Waals surface area (Å²) < 4.78 is 0. The summed E-state index contributed by atoms with van der Waals surface area (Å²) in [4.78, 5) is 10.4. The number of hydrogen-bond donors (Lipinski definition) is 3. The van der Waals surface area contributed by atoms with Crippen molar-refractivity contribution in [2.75, 3.05) is 0 Å². The molecule has 0 atom stereocenters. The fourth-order valence-electron chi connectivity index (χ4n) is 1.96. The largest absolute Gasteiger partial charge is 0.508 e. The van der Waals surface area contributed by atoms with E-state index in [0.29, 0.717) is 0 Å². The minimum atomic E-state index is -1.02. The lowest BCUT2D eigenvalue weighted by Gasteiger charge is -1.98. The fraction of sp³-hybridized carbons (Fsp3) is 0.409. The molecule has 0 aliphatic carbocycles. The van der Waals surface area contributed by atoms with Crippen LogP contribution < -0.4 is 0 Å². The first kappa shape index (κ1) is 23.5. The lowest BCUT2D eigenvalue weighted by Crippen LogP contribution is -1.97. The molecule has 26 heavy (non-hydrogen) atoms. The highest BCUT2D eigenvalue weighted by Gasteiger charge is 2.03. The zero-order chi connectivity index (χ0) is 19.5. The minimum Gasteiger partial charge on any atom is -0.508 e. The monoisotopic (exact) mass is 360 g/mol. The van der Waals surface area contributed by atoms with Gasteiger partial charge in [0.15, 0.2) is 5.76 Å². The van der Waals surface area contributed by atoms with E-state index in [0.717, 1.165) is 12.8 Å². The standard InChI is InChI=1S/C22H32O4/c1-2-3-4-5-6-7-8-9-10-11-12-13-14-15-16-17-20(23)21(24)18-19-22(25)26/h6-7,9-10,12-17,23-24H,2-5,8,11,18-19H2,1H3,(H,25,26)/b7-6-,10-9-,13-12-,15-14+,17-16+,21-20?. The summed E-state index contributed by atoms with van der Waals surface area (Å²) in [6.45, 7) is 2.21. The second-order valence-corrected chi connectivity index (χ2v) is 5.81. The summed E-state index contributed by atoms with van der Waals surface area (Å²) in [5.41, 5.74) is 0. The van der Waals surface area contributed by atoms with Crippen LogP contribution in [0.25, 0.3) is 0 Å². The van der Waals surface area contributed by atoms with Gasteiger partial charge in [0.25, 0.3) is 0 Å². The Balaban J connectivity index is 3.91. The quantitative estimate of drug-likeness (QED) is 0.147. The van der Waals surface area contributed by atoms with E-state index in [1.54, 1.807) is 12.2 Å². The summed E-state index contributed by atoms with van der Waals surface area (Å²) >= 11 is 0. The van der Waals surface area contributed by atoms with Gasteiger partial charge in [-0.3, -0.25) is 4.79 Å². The van der Waals surface area contributed by atoms with Crippen LogP contribution in [0.15, 0.2) is 72.3 Å². The molecule has 0 aromatic rings. The van der Waals surface area contributed by atoms with Gasteiger partial charge in [-0.2, -0.15) is 0 Å². The van der Waals surface area contributed by atoms with Crippen LogP contribution in [0.3, 0.4) is 0 Å². The van der Waals surface area contributed by atoms with E-state index < -0.39 is 5.97 Å². The van der Waals surface area contributed by atoms with Crippen molar-refractivity contribution in [3.8, 4) is 0 Å². The maximum absolute atomic E-state index is 10.4. The van der Waals surface area contributed by atoms with Crippen molar-refractivity contribution in [1.29, 1.82) is 0 Å². The average molecular weight is 360 g/mol. The van der Waals surface area contributed by atoms with Gasteiger partial charge in [-0.25, -0.2) is 0 Å². The predicted molar refractivity (Wildman–Crippen MR) is 108 cm³/mol. The molecule has 144 valence electrons. The van der Waals surface area contributed by atoms with E-state index >= 15 is 0 Å². The van der Waals surface area contributed by atoms with Crippen molar-refractivity contribution in [2.24, 2.45) is 0 Å². The van der Waals surface area contributed by atoms with Crippen molar-refractivity contribution in [2.45, 2.75) is 58.3 Å². The first-order valence-electron chi connectivity index (χ1n) is 9.20. The lowest BCUT2D eigenvalue weighted by atomic mass is 10.2. The van der Waals surface area contributed by atoms with Gasteiger partial charge in [0, 0.05) is 6.42 Å². The van der Waals surface area contributed by atoms with Crippen molar-refractivity contribution in [3.05, 3.63) is 72.3 Å². The molecule has 0 amide bonds. The lowest BCUT2D eigenvalue weighted by molar-refractivity contribution is -0.137. The van der Waals surface area contributed by atoms with Crippen molar-refractivity contribution < 1.29 is 20.1 Å². The van der Waals surface area contributed by atoms with Crippen LogP contribution >= 0.6 is 0 Å². The van der Waals surface area contributed by atoms with E-state index in [1.165, 1.54) is 31.8 Å². The number of carboxylic acids is 1. The minimum absolute atomic E-state index is 0.0879. The zero-order valence-corrected chi connectivity index (χ0v) is 15.7. The molecule has 0 bridgehead atoms. The van der Waals surface area contributed by atoms with E-state index in [1.807, 2.05) is 18.2 Å². The third-order valence-corrected chi connectivity index (χ3v) is 3.45. The Bertz CT molecular complexity index is 548. The van der Waals surface area contributed by atoms with Crippen LogP contribution in [-0.2, 0) is 4.79 Å². The number of aliphatic hydroxyl groups excluding tert-OH is 2. The predicted octanol–water partition coefficient (Wildman–Crippen LogP) is 6.32. The molecule has 0 aromatic heterocycles. The Labute approximate surface area is 157 Å². The summed E-state index contributed by atoms with van der Waals surface area (Å²) in [7, 11) is 0. The molecule has 0 radical (unpaired) electrons. The highest BCUT2D eigenvalue weighted by Crippen LogP contribution is 2.07. The fourth-order valence-corrected chi connectivity index (χ4v) is 1.96. The van der Waals surface area contributed by atoms with Gasteiger partial charge in [-0.15, -0.1) is 0 Å². The highest BCUT2D eigenvalue weighted by molar-refractivity contribution is 5.66. The number of carboxylic acid groups (broad SMARTS) is 1. The van der Waals surface area contributed by atoms with Crippen molar-refractivity contribution >= 4 is 5.97 Å². The topological polar surface area (TPSA) is 77.8 Å². The van der Waals surface area contributed by atoms with Gasteiger partial charge < -0.3 is 15.3 Å². The van der Waals surface area contributed by atoms with Crippen LogP contribution in [0.4, 0.5) is 0 Å². The average Bonchev–Trinajstić information content (AvgIpc) is 2.62. The molecule has 0 saturated heterocycles. The second kappa shape index (κ2) is 17.3. The molecule has 0 aromatic carbocycles. The van der Waals surface area contributed by atoms with E-state index in [4.69, 9.17) is 5.11 Å². The third-order valence-electron chi connectivity index (χ3n) is 3.45. The van der Waals surface area contributed by atoms with Gasteiger partial charge in [-0.05, 0) is 31.8 Å². The number of carbonyl (C=O) groups is 1. The van der Waals surface area contributed by atoms with Gasteiger partial charge >= 0.3 is 5.97 Å². The Morgan fingerprint density at radius 1 is 0.769 bits per heavy atom. The number of unbranched alkanes of at least 4 members (excludes halogenated alkanes) is 3. The SMILES string of the molecule is CCCCC/C=C\C/C=C\C\C=C/C=C/C=C/C(O)=C(O)CCC(=O)O. The Morgan fingerprint density at radius 2 is 1.42 bits per heavy atom. The molecule has 0 heterocycles. The van der Waals surface area contributed by atoms with Crippen LogP contribution in [0.2, 0.25) is 0 Å². The number of hydrogen-bond acceptors (Lipinski definition) is 3. The molecule has 4 heteroatoms. The van der Waals surface area contributed by atoms with Crippen molar-refractivity contribution in [3.63, 3.8) is 0 Å². The van der Waals surface area contributed by atoms with Crippen LogP contribution in [0.5, 0.6) is 0 Å². The summed E-state index contributed by atoms with van der Waals surface area (Å²) in [5, 5.41) is 27.5. The zero-order valence-electron chi connectivity index (χ0n) is 15.7. The van der Waals surface area contributed by atoms with E-state index in [9.17, 15) is 15.0 Å². The Hall–Kier alpha value is -2.49.